The van der Waals surface area contributed by atoms with Gasteiger partial charge in [-0.25, -0.2) is 17.9 Å². The smallest absolute Gasteiger partial charge is 0.408 e. The van der Waals surface area contributed by atoms with E-state index in [2.05, 4.69) is 4.72 Å². The number of aryl methyl sites for hydroxylation is 2. The molecule has 0 bridgehead atoms. The van der Waals surface area contributed by atoms with Crippen LogP contribution in [0.2, 0.25) is 0 Å². The largest absolute Gasteiger partial charge is 0.419 e. The number of aromatic nitrogens is 1. The van der Waals surface area contributed by atoms with E-state index in [0.717, 1.165) is 9.75 Å². The molecule has 0 radical (unpaired) electrons. The van der Waals surface area contributed by atoms with Crippen molar-refractivity contribution >= 4 is 32.5 Å². The minimum Gasteiger partial charge on any atom is -0.408 e. The van der Waals surface area contributed by atoms with Gasteiger partial charge < -0.3 is 4.42 Å². The molecule has 116 valence electrons. The first-order chi connectivity index (χ1) is 10.4. The van der Waals surface area contributed by atoms with E-state index in [9.17, 15) is 13.2 Å². The van der Waals surface area contributed by atoms with Crippen molar-refractivity contribution in [1.82, 2.24) is 9.29 Å². The normalized spacial score (nSPS) is 12.1. The summed E-state index contributed by atoms with van der Waals surface area (Å²) >= 11 is 1.54. The lowest BCUT2D eigenvalue weighted by Crippen LogP contribution is -2.22. The van der Waals surface area contributed by atoms with E-state index in [1.807, 2.05) is 19.1 Å². The fourth-order valence-corrected chi connectivity index (χ4v) is 4.05. The highest BCUT2D eigenvalue weighted by Crippen LogP contribution is 2.19. The van der Waals surface area contributed by atoms with E-state index in [4.69, 9.17) is 4.42 Å². The molecule has 1 N–H and O–H groups in total. The maximum absolute atomic E-state index is 12.3. The summed E-state index contributed by atoms with van der Waals surface area (Å²) in [4.78, 5) is 13.6. The second kappa shape index (κ2) is 5.38. The second-order valence-corrected chi connectivity index (χ2v) is 8.03. The molecule has 0 fully saturated rings. The minimum absolute atomic E-state index is 0.0719. The lowest BCUT2D eigenvalue weighted by Gasteiger charge is -2.05. The number of rotatable bonds is 4. The molecule has 2 aromatic heterocycles. The first-order valence-corrected chi connectivity index (χ1v) is 8.81. The highest BCUT2D eigenvalue weighted by molar-refractivity contribution is 7.89. The maximum Gasteiger partial charge on any atom is 0.419 e. The summed E-state index contributed by atoms with van der Waals surface area (Å²) < 4.78 is 33.5. The number of nitrogens with one attached hydrogen (secondary N) is 1. The van der Waals surface area contributed by atoms with Crippen molar-refractivity contribution in [3.63, 3.8) is 0 Å². The summed E-state index contributed by atoms with van der Waals surface area (Å²) in [6.45, 7) is 2.20. The Morgan fingerprint density at radius 1 is 1.27 bits per heavy atom. The van der Waals surface area contributed by atoms with Gasteiger partial charge in [-0.05, 0) is 31.2 Å². The fourth-order valence-electron chi connectivity index (χ4n) is 2.11. The summed E-state index contributed by atoms with van der Waals surface area (Å²) in [5.41, 5.74) is 0.806. The summed E-state index contributed by atoms with van der Waals surface area (Å²) in [7, 11) is -2.09. The van der Waals surface area contributed by atoms with Crippen LogP contribution >= 0.6 is 11.3 Å². The van der Waals surface area contributed by atoms with Gasteiger partial charge in [-0.3, -0.25) is 4.57 Å². The Balaban J connectivity index is 1.89. The third-order valence-electron chi connectivity index (χ3n) is 3.31. The van der Waals surface area contributed by atoms with Crippen molar-refractivity contribution in [2.75, 3.05) is 0 Å². The molecule has 22 heavy (non-hydrogen) atoms. The molecule has 0 unspecified atom stereocenters. The zero-order chi connectivity index (χ0) is 15.9. The van der Waals surface area contributed by atoms with Crippen LogP contribution in [-0.4, -0.2) is 13.0 Å². The van der Waals surface area contributed by atoms with E-state index in [0.29, 0.717) is 5.52 Å². The van der Waals surface area contributed by atoms with Gasteiger partial charge in [0.2, 0.25) is 10.0 Å². The molecule has 8 heteroatoms. The van der Waals surface area contributed by atoms with Crippen molar-refractivity contribution in [3.8, 4) is 0 Å². The SMILES string of the molecule is Cc1ccc(CNS(=O)(=O)c2ccc3c(c2)oc(=O)n3C)s1. The Bertz CT molecular complexity index is 995. The number of sulfonamides is 1. The number of thiophene rings is 1. The van der Waals surface area contributed by atoms with Crippen LogP contribution in [0.5, 0.6) is 0 Å². The van der Waals surface area contributed by atoms with Crippen LogP contribution in [0.1, 0.15) is 9.75 Å². The van der Waals surface area contributed by atoms with Crippen molar-refractivity contribution in [2.45, 2.75) is 18.4 Å². The molecule has 0 amide bonds. The summed E-state index contributed by atoms with van der Waals surface area (Å²) in [6, 6.07) is 8.21. The molecule has 0 aliphatic rings. The lowest BCUT2D eigenvalue weighted by atomic mass is 10.3. The molecule has 2 heterocycles. The molecule has 0 spiro atoms. The molecule has 3 aromatic rings. The van der Waals surface area contributed by atoms with Crippen LogP contribution in [0.4, 0.5) is 0 Å². The zero-order valence-corrected chi connectivity index (χ0v) is 13.6. The molecule has 0 saturated carbocycles. The highest BCUT2D eigenvalue weighted by Gasteiger charge is 2.17. The number of benzene rings is 1. The van der Waals surface area contributed by atoms with Gasteiger partial charge in [0.05, 0.1) is 10.4 Å². The monoisotopic (exact) mass is 338 g/mol. The van der Waals surface area contributed by atoms with E-state index in [1.165, 1.54) is 16.7 Å². The minimum atomic E-state index is -3.66. The van der Waals surface area contributed by atoms with Crippen LogP contribution in [0.15, 0.2) is 44.4 Å². The van der Waals surface area contributed by atoms with Crippen LogP contribution in [0.3, 0.4) is 0 Å². The molecule has 0 atom stereocenters. The van der Waals surface area contributed by atoms with Gasteiger partial charge in [0.15, 0.2) is 5.58 Å². The molecule has 0 aliphatic heterocycles. The van der Waals surface area contributed by atoms with Gasteiger partial charge in [-0.15, -0.1) is 11.3 Å². The number of oxazole rings is 1. The molecule has 1 aromatic carbocycles. The van der Waals surface area contributed by atoms with Crippen molar-refractivity contribution in [1.29, 1.82) is 0 Å². The van der Waals surface area contributed by atoms with Gasteiger partial charge in [0, 0.05) is 29.4 Å². The second-order valence-electron chi connectivity index (χ2n) is 4.89. The van der Waals surface area contributed by atoms with Crippen LogP contribution in [0.25, 0.3) is 11.1 Å². The van der Waals surface area contributed by atoms with E-state index < -0.39 is 15.8 Å². The van der Waals surface area contributed by atoms with E-state index >= 15 is 0 Å². The van der Waals surface area contributed by atoms with Crippen LogP contribution < -0.4 is 10.5 Å². The van der Waals surface area contributed by atoms with Gasteiger partial charge in [-0.1, -0.05) is 0 Å². The van der Waals surface area contributed by atoms with Crippen molar-refractivity contribution < 1.29 is 12.8 Å². The predicted octanol–water partition coefficient (Wildman–Crippen LogP) is 1.98. The molecule has 0 aliphatic carbocycles. The molecule has 6 nitrogen and oxygen atoms in total. The Hall–Kier alpha value is -1.90. The molecular formula is C14H14N2O4S2. The molecular weight excluding hydrogens is 324 g/mol. The van der Waals surface area contributed by atoms with Gasteiger partial charge >= 0.3 is 5.76 Å². The standard InChI is InChI=1S/C14H14N2O4S2/c1-9-3-4-10(21-9)8-15-22(18,19)11-5-6-12-13(7-11)20-14(17)16(12)2/h3-7,15H,8H2,1-2H3. The first kappa shape index (κ1) is 15.0. The maximum atomic E-state index is 12.3. The summed E-state index contributed by atoms with van der Waals surface area (Å²) in [6.07, 6.45) is 0. The van der Waals surface area contributed by atoms with Gasteiger partial charge in [-0.2, -0.15) is 0 Å². The van der Waals surface area contributed by atoms with Crippen molar-refractivity contribution in [3.05, 3.63) is 50.6 Å². The van der Waals surface area contributed by atoms with E-state index in [-0.39, 0.29) is 17.0 Å². The number of nitrogens with zero attached hydrogens (tertiary/aromatic N) is 1. The van der Waals surface area contributed by atoms with Crippen LogP contribution in [-0.2, 0) is 23.6 Å². The fraction of sp³-hybridized carbons (Fsp3) is 0.214. The summed E-state index contributed by atoms with van der Waals surface area (Å²) in [5.74, 6) is -0.522. The van der Waals surface area contributed by atoms with Gasteiger partial charge in [0.25, 0.3) is 0 Å². The third-order valence-corrected chi connectivity index (χ3v) is 5.71. The first-order valence-electron chi connectivity index (χ1n) is 6.51. The Labute approximate surface area is 131 Å². The molecule has 0 saturated heterocycles. The topological polar surface area (TPSA) is 81.3 Å². The Morgan fingerprint density at radius 3 is 2.73 bits per heavy atom. The average Bonchev–Trinajstić information content (AvgIpc) is 3.01. The Morgan fingerprint density at radius 2 is 2.05 bits per heavy atom. The van der Waals surface area contributed by atoms with Crippen LogP contribution in [0, 0.1) is 6.92 Å². The van der Waals surface area contributed by atoms with E-state index in [1.54, 1.807) is 24.5 Å². The van der Waals surface area contributed by atoms with Gasteiger partial charge in [0.1, 0.15) is 0 Å². The quantitative estimate of drug-likeness (QED) is 0.789. The number of hydrogen-bond donors (Lipinski definition) is 1. The number of hydrogen-bond acceptors (Lipinski definition) is 5. The van der Waals surface area contributed by atoms with Crippen molar-refractivity contribution in [2.24, 2.45) is 7.05 Å². The predicted molar refractivity (Wildman–Crippen MR) is 84.5 cm³/mol. The Kier molecular flexibility index (Phi) is 3.67. The zero-order valence-electron chi connectivity index (χ0n) is 12.0. The average molecular weight is 338 g/mol. The third kappa shape index (κ3) is 2.72. The molecule has 3 rings (SSSR count). The summed E-state index contributed by atoms with van der Waals surface area (Å²) in [5, 5.41) is 0. The highest BCUT2D eigenvalue weighted by atomic mass is 32.2. The number of fused-ring (bicyclic) bond motifs is 1. The lowest BCUT2D eigenvalue weighted by molar-refractivity contribution is 0.527.